The van der Waals surface area contributed by atoms with Gasteiger partial charge in [-0.05, 0) is 44.4 Å². The van der Waals surface area contributed by atoms with Crippen LogP contribution in [0.25, 0.3) is 0 Å². The van der Waals surface area contributed by atoms with Gasteiger partial charge in [-0.25, -0.2) is 4.98 Å². The van der Waals surface area contributed by atoms with Crippen molar-refractivity contribution in [1.29, 1.82) is 0 Å². The fourth-order valence-electron chi connectivity index (χ4n) is 2.73. The summed E-state index contributed by atoms with van der Waals surface area (Å²) < 4.78 is 5.76. The third-order valence-electron chi connectivity index (χ3n) is 3.87. The maximum Gasteiger partial charge on any atom is 0.129 e. The Morgan fingerprint density at radius 2 is 2.24 bits per heavy atom. The molecule has 1 aliphatic rings. The van der Waals surface area contributed by atoms with E-state index in [9.17, 15) is 0 Å². The smallest absolute Gasteiger partial charge is 0.129 e. The van der Waals surface area contributed by atoms with E-state index in [1.54, 1.807) is 0 Å². The molecule has 21 heavy (non-hydrogen) atoms. The number of hydrogen-bond donors (Lipinski definition) is 1. The lowest BCUT2D eigenvalue weighted by Crippen LogP contribution is -2.33. The second-order valence-corrected chi connectivity index (χ2v) is 6.18. The molecule has 1 atom stereocenters. The summed E-state index contributed by atoms with van der Waals surface area (Å²) in [5, 5.41) is 3.48. The molecule has 1 fully saturated rings. The van der Waals surface area contributed by atoms with Gasteiger partial charge in [-0.15, -0.1) is 0 Å². The van der Waals surface area contributed by atoms with E-state index in [0.29, 0.717) is 12.1 Å². The molecule has 4 heteroatoms. The number of pyridine rings is 1. The first-order valence-corrected chi connectivity index (χ1v) is 8.16. The molecule has 1 N–H and O–H groups in total. The van der Waals surface area contributed by atoms with Gasteiger partial charge in [0.2, 0.25) is 0 Å². The number of rotatable bonds is 7. The van der Waals surface area contributed by atoms with Crippen LogP contribution < -0.4 is 10.2 Å². The standard InChI is InChI=1S/C17H29N3O/c1-5-20(12-16-7-6-8-21-16)17-10-15(9-14(4)19-17)11-18-13(2)3/h9-10,13,16,18H,5-8,11-12H2,1-4H3. The van der Waals surface area contributed by atoms with E-state index >= 15 is 0 Å². The number of anilines is 1. The van der Waals surface area contributed by atoms with Crippen molar-refractivity contribution in [3.05, 3.63) is 23.4 Å². The summed E-state index contributed by atoms with van der Waals surface area (Å²) in [6.45, 7) is 12.3. The number of nitrogens with one attached hydrogen (secondary N) is 1. The average molecular weight is 291 g/mol. The Balaban J connectivity index is 2.08. The molecule has 0 amide bonds. The van der Waals surface area contributed by atoms with Crippen LogP contribution in [0.5, 0.6) is 0 Å². The molecule has 0 spiro atoms. The van der Waals surface area contributed by atoms with Crippen molar-refractivity contribution in [2.45, 2.75) is 59.2 Å². The summed E-state index contributed by atoms with van der Waals surface area (Å²) in [6, 6.07) is 4.87. The van der Waals surface area contributed by atoms with Gasteiger partial charge in [0.25, 0.3) is 0 Å². The van der Waals surface area contributed by atoms with Crippen LogP contribution in [-0.2, 0) is 11.3 Å². The number of likely N-dealkylation sites (N-methyl/N-ethyl adjacent to an activating group) is 1. The van der Waals surface area contributed by atoms with E-state index in [-0.39, 0.29) is 0 Å². The van der Waals surface area contributed by atoms with Crippen LogP contribution in [0.3, 0.4) is 0 Å². The van der Waals surface area contributed by atoms with Crippen molar-refractivity contribution in [1.82, 2.24) is 10.3 Å². The molecule has 1 unspecified atom stereocenters. The second kappa shape index (κ2) is 7.76. The molecule has 1 saturated heterocycles. The Kier molecular flexibility index (Phi) is 6.00. The summed E-state index contributed by atoms with van der Waals surface area (Å²) in [5.74, 6) is 1.08. The van der Waals surface area contributed by atoms with Gasteiger partial charge in [0.05, 0.1) is 6.10 Å². The topological polar surface area (TPSA) is 37.4 Å². The zero-order valence-corrected chi connectivity index (χ0v) is 13.9. The fraction of sp³-hybridized carbons (Fsp3) is 0.706. The van der Waals surface area contributed by atoms with Crippen molar-refractivity contribution in [2.75, 3.05) is 24.6 Å². The van der Waals surface area contributed by atoms with E-state index in [2.05, 4.69) is 50.0 Å². The summed E-state index contributed by atoms with van der Waals surface area (Å²) in [4.78, 5) is 7.05. The molecule has 118 valence electrons. The summed E-state index contributed by atoms with van der Waals surface area (Å²) >= 11 is 0. The lowest BCUT2D eigenvalue weighted by molar-refractivity contribution is 0.115. The molecule has 0 saturated carbocycles. The Hall–Kier alpha value is -1.13. The van der Waals surface area contributed by atoms with Crippen LogP contribution >= 0.6 is 0 Å². The van der Waals surface area contributed by atoms with E-state index in [4.69, 9.17) is 9.72 Å². The second-order valence-electron chi connectivity index (χ2n) is 6.18. The fourth-order valence-corrected chi connectivity index (χ4v) is 2.73. The van der Waals surface area contributed by atoms with Gasteiger partial charge in [0.1, 0.15) is 5.82 Å². The molecule has 2 rings (SSSR count). The molecule has 0 aromatic carbocycles. The molecular weight excluding hydrogens is 262 g/mol. The van der Waals surface area contributed by atoms with Crippen LogP contribution in [0.15, 0.2) is 12.1 Å². The van der Waals surface area contributed by atoms with Gasteiger partial charge in [-0.3, -0.25) is 0 Å². The van der Waals surface area contributed by atoms with Gasteiger partial charge in [-0.2, -0.15) is 0 Å². The SMILES string of the molecule is CCN(CC1CCCO1)c1cc(CNC(C)C)cc(C)n1. The summed E-state index contributed by atoms with van der Waals surface area (Å²) in [6.07, 6.45) is 2.72. The zero-order valence-electron chi connectivity index (χ0n) is 13.9. The predicted molar refractivity (Wildman–Crippen MR) is 87.8 cm³/mol. The minimum atomic E-state index is 0.365. The van der Waals surface area contributed by atoms with Gasteiger partial charge < -0.3 is 15.0 Å². The molecule has 1 aromatic rings. The molecule has 1 aromatic heterocycles. The quantitative estimate of drug-likeness (QED) is 0.838. The van der Waals surface area contributed by atoms with Crippen molar-refractivity contribution in [3.63, 3.8) is 0 Å². The first kappa shape index (κ1) is 16.2. The molecule has 2 heterocycles. The lowest BCUT2D eigenvalue weighted by Gasteiger charge is -2.26. The highest BCUT2D eigenvalue weighted by Crippen LogP contribution is 2.19. The number of nitrogens with zero attached hydrogens (tertiary/aromatic N) is 2. The maximum atomic E-state index is 5.76. The highest BCUT2D eigenvalue weighted by Gasteiger charge is 2.19. The van der Waals surface area contributed by atoms with Crippen LogP contribution in [0.1, 0.15) is 44.9 Å². The van der Waals surface area contributed by atoms with Gasteiger partial charge in [0, 0.05) is 38.0 Å². The normalized spacial score (nSPS) is 18.4. The molecule has 0 radical (unpaired) electrons. The highest BCUT2D eigenvalue weighted by molar-refractivity contribution is 5.42. The maximum absolute atomic E-state index is 5.76. The molecule has 4 nitrogen and oxygen atoms in total. The first-order chi connectivity index (χ1) is 10.1. The van der Waals surface area contributed by atoms with Crippen molar-refractivity contribution < 1.29 is 4.74 Å². The molecular formula is C17H29N3O. The van der Waals surface area contributed by atoms with Gasteiger partial charge >= 0.3 is 0 Å². The highest BCUT2D eigenvalue weighted by atomic mass is 16.5. The third-order valence-corrected chi connectivity index (χ3v) is 3.87. The Bertz CT molecular complexity index is 442. The van der Waals surface area contributed by atoms with Crippen molar-refractivity contribution in [3.8, 4) is 0 Å². The van der Waals surface area contributed by atoms with Crippen LogP contribution in [0, 0.1) is 6.92 Å². The van der Waals surface area contributed by atoms with Crippen molar-refractivity contribution in [2.24, 2.45) is 0 Å². The summed E-state index contributed by atoms with van der Waals surface area (Å²) in [7, 11) is 0. The predicted octanol–water partition coefficient (Wildman–Crippen LogP) is 2.89. The number of ether oxygens (including phenoxy) is 1. The Morgan fingerprint density at radius 3 is 2.86 bits per heavy atom. The largest absolute Gasteiger partial charge is 0.376 e. The Labute approximate surface area is 128 Å². The van der Waals surface area contributed by atoms with E-state index in [1.165, 1.54) is 18.4 Å². The van der Waals surface area contributed by atoms with Crippen molar-refractivity contribution >= 4 is 5.82 Å². The third kappa shape index (κ3) is 4.97. The zero-order chi connectivity index (χ0) is 15.2. The summed E-state index contributed by atoms with van der Waals surface area (Å²) in [5.41, 5.74) is 2.39. The van der Waals surface area contributed by atoms with E-state index in [1.807, 2.05) is 0 Å². The van der Waals surface area contributed by atoms with E-state index in [0.717, 1.165) is 37.8 Å². The van der Waals surface area contributed by atoms with Crippen LogP contribution in [0.4, 0.5) is 5.82 Å². The molecule has 1 aliphatic heterocycles. The minimum Gasteiger partial charge on any atom is -0.376 e. The number of hydrogen-bond acceptors (Lipinski definition) is 4. The first-order valence-electron chi connectivity index (χ1n) is 8.16. The molecule has 0 aliphatic carbocycles. The minimum absolute atomic E-state index is 0.365. The Morgan fingerprint density at radius 1 is 1.43 bits per heavy atom. The number of aromatic nitrogens is 1. The van der Waals surface area contributed by atoms with Crippen LogP contribution in [-0.4, -0.2) is 36.8 Å². The molecule has 0 bridgehead atoms. The van der Waals surface area contributed by atoms with Crippen LogP contribution in [0.2, 0.25) is 0 Å². The monoisotopic (exact) mass is 291 g/mol. The van der Waals surface area contributed by atoms with Gasteiger partial charge in [0.15, 0.2) is 0 Å². The average Bonchev–Trinajstić information content (AvgIpc) is 2.95. The van der Waals surface area contributed by atoms with E-state index < -0.39 is 0 Å². The van der Waals surface area contributed by atoms with Gasteiger partial charge in [-0.1, -0.05) is 13.8 Å². The number of aryl methyl sites for hydroxylation is 1. The lowest BCUT2D eigenvalue weighted by atomic mass is 10.2.